The van der Waals surface area contributed by atoms with E-state index < -0.39 is 23.6 Å². The molecule has 1 fully saturated rings. The average molecular weight is 272 g/mol. The van der Waals surface area contributed by atoms with E-state index in [0.717, 1.165) is 0 Å². The fourth-order valence-electron chi connectivity index (χ4n) is 2.18. The van der Waals surface area contributed by atoms with E-state index in [4.69, 9.17) is 9.47 Å². The van der Waals surface area contributed by atoms with Gasteiger partial charge in [-0.2, -0.15) is 0 Å². The van der Waals surface area contributed by atoms with Crippen LogP contribution in [0.2, 0.25) is 0 Å². The Balaban J connectivity index is 2.28. The van der Waals surface area contributed by atoms with Crippen LogP contribution in [0.5, 0.6) is 0 Å². The molecular formula is C16H16O4. The number of benzene rings is 1. The molecular weight excluding hydrogens is 256 g/mol. The van der Waals surface area contributed by atoms with Gasteiger partial charge in [0.2, 0.25) is 0 Å². The average Bonchev–Trinajstić information content (AvgIpc) is 2.45. The van der Waals surface area contributed by atoms with Crippen LogP contribution in [0.15, 0.2) is 55.6 Å². The summed E-state index contributed by atoms with van der Waals surface area (Å²) in [7, 11) is 0. The Morgan fingerprint density at radius 2 is 1.50 bits per heavy atom. The van der Waals surface area contributed by atoms with Crippen molar-refractivity contribution in [1.82, 2.24) is 0 Å². The topological polar surface area (TPSA) is 52.6 Å². The lowest BCUT2D eigenvalue weighted by Gasteiger charge is -2.35. The van der Waals surface area contributed by atoms with E-state index >= 15 is 0 Å². The number of rotatable bonds is 5. The van der Waals surface area contributed by atoms with Gasteiger partial charge in [-0.15, -0.1) is 13.2 Å². The third kappa shape index (κ3) is 2.37. The molecule has 0 saturated carbocycles. The highest BCUT2D eigenvalue weighted by Gasteiger charge is 2.52. The molecule has 1 aromatic rings. The summed E-state index contributed by atoms with van der Waals surface area (Å²) in [6, 6.07) is 8.87. The lowest BCUT2D eigenvalue weighted by atomic mass is 9.80. The van der Waals surface area contributed by atoms with E-state index in [-0.39, 0.29) is 12.8 Å². The van der Waals surface area contributed by atoms with Crippen molar-refractivity contribution in [3.05, 3.63) is 61.2 Å². The SMILES string of the molecule is C=CCC1(CC=C)C(=O)OC(c2ccccc2)OC1=O. The van der Waals surface area contributed by atoms with Crippen molar-refractivity contribution in [2.75, 3.05) is 0 Å². The maximum atomic E-state index is 12.3. The van der Waals surface area contributed by atoms with E-state index in [0.29, 0.717) is 5.56 Å². The molecule has 104 valence electrons. The zero-order valence-electron chi connectivity index (χ0n) is 11.1. The summed E-state index contributed by atoms with van der Waals surface area (Å²) in [6.45, 7) is 7.16. The van der Waals surface area contributed by atoms with Crippen LogP contribution >= 0.6 is 0 Å². The molecule has 0 aromatic heterocycles. The molecule has 0 atom stereocenters. The maximum absolute atomic E-state index is 12.3. The summed E-state index contributed by atoms with van der Waals surface area (Å²) in [5.74, 6) is -1.19. The van der Waals surface area contributed by atoms with Gasteiger partial charge in [-0.05, 0) is 12.8 Å². The first-order valence-corrected chi connectivity index (χ1v) is 6.33. The van der Waals surface area contributed by atoms with Gasteiger partial charge < -0.3 is 9.47 Å². The highest BCUT2D eigenvalue weighted by Crippen LogP contribution is 2.39. The first-order chi connectivity index (χ1) is 9.64. The highest BCUT2D eigenvalue weighted by atomic mass is 16.7. The molecule has 4 nitrogen and oxygen atoms in total. The smallest absolute Gasteiger partial charge is 0.327 e. The number of ether oxygens (including phenoxy) is 2. The standard InChI is InChI=1S/C16H16O4/c1-3-10-16(11-4-2)14(17)19-13(20-15(16)18)12-8-6-5-7-9-12/h3-9,13H,1-2,10-11H2. The summed E-state index contributed by atoms with van der Waals surface area (Å²) in [4.78, 5) is 24.5. The number of hydrogen-bond acceptors (Lipinski definition) is 4. The number of carbonyl (C=O) groups is 2. The van der Waals surface area contributed by atoms with Gasteiger partial charge in [0.1, 0.15) is 0 Å². The van der Waals surface area contributed by atoms with Crippen molar-refractivity contribution in [3.8, 4) is 0 Å². The predicted molar refractivity (Wildman–Crippen MR) is 73.4 cm³/mol. The molecule has 1 aliphatic heterocycles. The van der Waals surface area contributed by atoms with Crippen molar-refractivity contribution >= 4 is 11.9 Å². The minimum absolute atomic E-state index is 0.165. The number of cyclic esters (lactones) is 2. The quantitative estimate of drug-likeness (QED) is 0.470. The van der Waals surface area contributed by atoms with Gasteiger partial charge in [-0.1, -0.05) is 42.5 Å². The molecule has 2 rings (SSSR count). The minimum Gasteiger partial charge on any atom is -0.420 e. The molecule has 1 aliphatic rings. The molecule has 0 aliphatic carbocycles. The van der Waals surface area contributed by atoms with Crippen LogP contribution in [-0.4, -0.2) is 11.9 Å². The molecule has 0 spiro atoms. The van der Waals surface area contributed by atoms with Crippen molar-refractivity contribution in [1.29, 1.82) is 0 Å². The Hall–Kier alpha value is -2.36. The molecule has 1 saturated heterocycles. The monoisotopic (exact) mass is 272 g/mol. The van der Waals surface area contributed by atoms with Gasteiger partial charge in [-0.3, -0.25) is 9.59 Å². The van der Waals surface area contributed by atoms with Crippen molar-refractivity contribution in [3.63, 3.8) is 0 Å². The molecule has 0 bridgehead atoms. The zero-order chi connectivity index (χ0) is 14.6. The van der Waals surface area contributed by atoms with Crippen LogP contribution < -0.4 is 0 Å². The molecule has 0 unspecified atom stereocenters. The van der Waals surface area contributed by atoms with Gasteiger partial charge in [0.05, 0.1) is 0 Å². The van der Waals surface area contributed by atoms with E-state index in [1.54, 1.807) is 24.3 Å². The van der Waals surface area contributed by atoms with Gasteiger partial charge in [-0.25, -0.2) is 0 Å². The summed E-state index contributed by atoms with van der Waals surface area (Å²) in [5, 5.41) is 0. The Bertz CT molecular complexity index is 503. The van der Waals surface area contributed by atoms with Gasteiger partial charge >= 0.3 is 11.9 Å². The zero-order valence-corrected chi connectivity index (χ0v) is 11.1. The lowest BCUT2D eigenvalue weighted by molar-refractivity contribution is -0.225. The van der Waals surface area contributed by atoms with Crippen molar-refractivity contribution in [2.45, 2.75) is 19.1 Å². The number of carbonyl (C=O) groups excluding carboxylic acids is 2. The molecule has 1 heterocycles. The molecule has 0 amide bonds. The first-order valence-electron chi connectivity index (χ1n) is 6.33. The van der Waals surface area contributed by atoms with Gasteiger partial charge in [0.25, 0.3) is 6.29 Å². The predicted octanol–water partition coefficient (Wildman–Crippen LogP) is 2.92. The second-order valence-electron chi connectivity index (χ2n) is 4.62. The number of allylic oxidation sites excluding steroid dienone is 2. The summed E-state index contributed by atoms with van der Waals surface area (Å²) >= 11 is 0. The second-order valence-corrected chi connectivity index (χ2v) is 4.62. The van der Waals surface area contributed by atoms with E-state index in [9.17, 15) is 9.59 Å². The molecule has 0 N–H and O–H groups in total. The van der Waals surface area contributed by atoms with Crippen LogP contribution in [0.1, 0.15) is 24.7 Å². The molecule has 0 radical (unpaired) electrons. The second kappa shape index (κ2) is 5.74. The Kier molecular flexibility index (Phi) is 4.03. The van der Waals surface area contributed by atoms with Crippen LogP contribution in [-0.2, 0) is 19.1 Å². The van der Waals surface area contributed by atoms with E-state index in [1.807, 2.05) is 6.07 Å². The Labute approximate surface area is 117 Å². The van der Waals surface area contributed by atoms with Crippen LogP contribution in [0.3, 0.4) is 0 Å². The molecule has 20 heavy (non-hydrogen) atoms. The maximum Gasteiger partial charge on any atom is 0.327 e. The number of hydrogen-bond donors (Lipinski definition) is 0. The molecule has 1 aromatic carbocycles. The third-order valence-corrected chi connectivity index (χ3v) is 3.27. The Morgan fingerprint density at radius 1 is 1.00 bits per heavy atom. The van der Waals surface area contributed by atoms with Gasteiger partial charge in [0, 0.05) is 5.56 Å². The summed E-state index contributed by atoms with van der Waals surface area (Å²) in [5.41, 5.74) is -0.727. The number of esters is 2. The van der Waals surface area contributed by atoms with Crippen LogP contribution in [0, 0.1) is 5.41 Å². The largest absolute Gasteiger partial charge is 0.420 e. The van der Waals surface area contributed by atoms with E-state index in [2.05, 4.69) is 13.2 Å². The first kappa shape index (κ1) is 14.1. The van der Waals surface area contributed by atoms with Gasteiger partial charge in [0.15, 0.2) is 5.41 Å². The van der Waals surface area contributed by atoms with Crippen molar-refractivity contribution in [2.24, 2.45) is 5.41 Å². The normalized spacial score (nSPS) is 18.0. The Morgan fingerprint density at radius 3 is 1.95 bits per heavy atom. The summed E-state index contributed by atoms with van der Waals surface area (Å²) < 4.78 is 10.6. The third-order valence-electron chi connectivity index (χ3n) is 3.27. The van der Waals surface area contributed by atoms with E-state index in [1.165, 1.54) is 12.2 Å². The fraction of sp³-hybridized carbons (Fsp3) is 0.250. The minimum atomic E-state index is -1.35. The van der Waals surface area contributed by atoms with Crippen LogP contribution in [0.25, 0.3) is 0 Å². The lowest BCUT2D eigenvalue weighted by Crippen LogP contribution is -2.47. The molecule has 4 heteroatoms. The fourth-order valence-corrected chi connectivity index (χ4v) is 2.18. The van der Waals surface area contributed by atoms with Crippen LogP contribution in [0.4, 0.5) is 0 Å². The summed E-state index contributed by atoms with van der Waals surface area (Å²) in [6.07, 6.45) is 2.36. The highest BCUT2D eigenvalue weighted by molar-refractivity contribution is 6.01. The van der Waals surface area contributed by atoms with Crippen molar-refractivity contribution < 1.29 is 19.1 Å².